The lowest BCUT2D eigenvalue weighted by Crippen LogP contribution is -2.41. The SMILES string of the molecule is CCNC(=NCC(=O)N1CCc2sccc2C1)N(C)Cc1ccc(OCC)cc1. The molecule has 1 amide bonds. The molecule has 1 aromatic heterocycles. The van der Waals surface area contributed by atoms with Crippen LogP contribution >= 0.6 is 11.3 Å². The van der Waals surface area contributed by atoms with Gasteiger partial charge in [0.1, 0.15) is 12.3 Å². The van der Waals surface area contributed by atoms with Gasteiger partial charge >= 0.3 is 0 Å². The van der Waals surface area contributed by atoms with Crippen molar-refractivity contribution in [2.24, 2.45) is 4.99 Å². The lowest BCUT2D eigenvalue weighted by molar-refractivity contribution is -0.130. The Balaban J connectivity index is 1.59. The average molecular weight is 415 g/mol. The highest BCUT2D eigenvalue weighted by Crippen LogP contribution is 2.24. The number of nitrogens with one attached hydrogen (secondary N) is 1. The largest absolute Gasteiger partial charge is 0.494 e. The monoisotopic (exact) mass is 414 g/mol. The second-order valence-corrected chi connectivity index (χ2v) is 8.04. The highest BCUT2D eigenvalue weighted by molar-refractivity contribution is 7.10. The Morgan fingerprint density at radius 1 is 1.28 bits per heavy atom. The van der Waals surface area contributed by atoms with Crippen molar-refractivity contribution in [3.8, 4) is 5.75 Å². The first kappa shape index (κ1) is 21.2. The van der Waals surface area contributed by atoms with Crippen LogP contribution < -0.4 is 10.1 Å². The maximum absolute atomic E-state index is 12.7. The third-order valence-corrected chi connectivity index (χ3v) is 5.90. The number of nitrogens with zero attached hydrogens (tertiary/aromatic N) is 3. The quantitative estimate of drug-likeness (QED) is 0.559. The number of amides is 1. The molecule has 0 atom stereocenters. The summed E-state index contributed by atoms with van der Waals surface area (Å²) in [6.07, 6.45) is 0.945. The lowest BCUT2D eigenvalue weighted by Gasteiger charge is -2.27. The molecule has 0 fully saturated rings. The third kappa shape index (κ3) is 5.73. The van der Waals surface area contributed by atoms with Crippen molar-refractivity contribution in [3.63, 3.8) is 0 Å². The first-order valence-corrected chi connectivity index (χ1v) is 11.0. The molecule has 2 aromatic rings. The molecule has 6 nitrogen and oxygen atoms in total. The normalized spacial score (nSPS) is 13.8. The predicted molar refractivity (Wildman–Crippen MR) is 118 cm³/mol. The first-order chi connectivity index (χ1) is 14.1. The second kappa shape index (κ2) is 10.3. The Bertz CT molecular complexity index is 832. The standard InChI is InChI=1S/C22H30N4O2S/c1-4-23-22(25(3)15-17-6-8-19(9-7-17)28-5-2)24-14-21(27)26-12-10-20-18(16-26)11-13-29-20/h6-9,11,13H,4-5,10,12,14-16H2,1-3H3,(H,23,24). The minimum absolute atomic E-state index is 0.0757. The van der Waals surface area contributed by atoms with Gasteiger partial charge in [-0.25, -0.2) is 4.99 Å². The number of fused-ring (bicyclic) bond motifs is 1. The first-order valence-electron chi connectivity index (χ1n) is 10.1. The van der Waals surface area contributed by atoms with Crippen LogP contribution in [0.5, 0.6) is 5.75 Å². The van der Waals surface area contributed by atoms with Gasteiger partial charge in [0.15, 0.2) is 5.96 Å². The van der Waals surface area contributed by atoms with E-state index in [1.54, 1.807) is 11.3 Å². The van der Waals surface area contributed by atoms with Gasteiger partial charge in [0.25, 0.3) is 0 Å². The van der Waals surface area contributed by atoms with Crippen molar-refractivity contribution in [1.82, 2.24) is 15.1 Å². The topological polar surface area (TPSA) is 57.2 Å². The molecule has 0 unspecified atom stereocenters. The molecule has 1 N–H and O–H groups in total. The fraction of sp³-hybridized carbons (Fsp3) is 0.455. The summed E-state index contributed by atoms with van der Waals surface area (Å²) in [5.41, 5.74) is 2.44. The summed E-state index contributed by atoms with van der Waals surface area (Å²) < 4.78 is 5.50. The number of rotatable bonds is 7. The number of benzene rings is 1. The van der Waals surface area contributed by atoms with Gasteiger partial charge in [-0.2, -0.15) is 0 Å². The third-order valence-electron chi connectivity index (χ3n) is 4.88. The molecule has 156 valence electrons. The molecule has 7 heteroatoms. The fourth-order valence-electron chi connectivity index (χ4n) is 3.38. The number of carbonyl (C=O) groups excluding carboxylic acids is 1. The molecular formula is C22H30N4O2S. The van der Waals surface area contributed by atoms with E-state index in [1.807, 2.05) is 42.8 Å². The fourth-order valence-corrected chi connectivity index (χ4v) is 4.27. The predicted octanol–water partition coefficient (Wildman–Crippen LogP) is 3.13. The summed E-state index contributed by atoms with van der Waals surface area (Å²) in [4.78, 5) is 22.6. The van der Waals surface area contributed by atoms with Crippen LogP contribution in [-0.2, 0) is 24.3 Å². The molecule has 0 saturated heterocycles. The van der Waals surface area contributed by atoms with Crippen LogP contribution in [0, 0.1) is 0 Å². The van der Waals surface area contributed by atoms with Crippen LogP contribution in [0.2, 0.25) is 0 Å². The molecule has 0 aliphatic carbocycles. The number of ether oxygens (including phenoxy) is 1. The maximum atomic E-state index is 12.7. The van der Waals surface area contributed by atoms with Crippen molar-refractivity contribution in [2.45, 2.75) is 33.4 Å². The van der Waals surface area contributed by atoms with Crippen LogP contribution in [-0.4, -0.2) is 55.0 Å². The van der Waals surface area contributed by atoms with Crippen molar-refractivity contribution < 1.29 is 9.53 Å². The Kier molecular flexibility index (Phi) is 7.52. The molecular weight excluding hydrogens is 384 g/mol. The van der Waals surface area contributed by atoms with E-state index in [0.717, 1.165) is 36.8 Å². The Labute approximate surface area is 177 Å². The van der Waals surface area contributed by atoms with Crippen LogP contribution in [0.1, 0.15) is 29.9 Å². The molecule has 0 saturated carbocycles. The highest BCUT2D eigenvalue weighted by atomic mass is 32.1. The Hall–Kier alpha value is -2.54. The van der Waals surface area contributed by atoms with Gasteiger partial charge in [0, 0.05) is 38.1 Å². The van der Waals surface area contributed by atoms with Crippen LogP contribution in [0.25, 0.3) is 0 Å². The number of aliphatic imine (C=N–C) groups is 1. The summed E-state index contributed by atoms with van der Waals surface area (Å²) in [6, 6.07) is 10.2. The van der Waals surface area contributed by atoms with Crippen molar-refractivity contribution in [3.05, 3.63) is 51.7 Å². The zero-order valence-corrected chi connectivity index (χ0v) is 18.3. The molecule has 2 heterocycles. The zero-order valence-electron chi connectivity index (χ0n) is 17.5. The second-order valence-electron chi connectivity index (χ2n) is 7.04. The molecule has 29 heavy (non-hydrogen) atoms. The zero-order chi connectivity index (χ0) is 20.6. The van der Waals surface area contributed by atoms with E-state index in [4.69, 9.17) is 4.74 Å². The number of hydrogen-bond acceptors (Lipinski definition) is 4. The number of thiophene rings is 1. The van der Waals surface area contributed by atoms with Crippen LogP contribution in [0.4, 0.5) is 0 Å². The minimum atomic E-state index is 0.0757. The van der Waals surface area contributed by atoms with Crippen molar-refractivity contribution in [2.75, 3.05) is 33.3 Å². The van der Waals surface area contributed by atoms with Gasteiger partial charge in [0.05, 0.1) is 6.61 Å². The summed E-state index contributed by atoms with van der Waals surface area (Å²) in [6.45, 7) is 7.77. The Morgan fingerprint density at radius 3 is 2.79 bits per heavy atom. The van der Waals surface area contributed by atoms with Gasteiger partial charge in [-0.05, 0) is 55.0 Å². The van der Waals surface area contributed by atoms with E-state index in [2.05, 4.69) is 33.9 Å². The summed E-state index contributed by atoms with van der Waals surface area (Å²) in [5.74, 6) is 1.69. The van der Waals surface area contributed by atoms with E-state index in [1.165, 1.54) is 10.4 Å². The van der Waals surface area contributed by atoms with E-state index >= 15 is 0 Å². The van der Waals surface area contributed by atoms with Gasteiger partial charge in [-0.1, -0.05) is 12.1 Å². The average Bonchev–Trinajstić information content (AvgIpc) is 3.20. The number of carbonyl (C=O) groups is 1. The molecule has 0 bridgehead atoms. The van der Waals surface area contributed by atoms with E-state index < -0.39 is 0 Å². The van der Waals surface area contributed by atoms with Gasteiger partial charge in [-0.15, -0.1) is 11.3 Å². The summed E-state index contributed by atoms with van der Waals surface area (Å²) in [7, 11) is 1.99. The smallest absolute Gasteiger partial charge is 0.244 e. The highest BCUT2D eigenvalue weighted by Gasteiger charge is 2.21. The van der Waals surface area contributed by atoms with E-state index in [9.17, 15) is 4.79 Å². The van der Waals surface area contributed by atoms with E-state index in [-0.39, 0.29) is 12.5 Å². The molecule has 1 aliphatic heterocycles. The van der Waals surface area contributed by atoms with E-state index in [0.29, 0.717) is 19.7 Å². The van der Waals surface area contributed by atoms with Crippen LogP contribution in [0.3, 0.4) is 0 Å². The van der Waals surface area contributed by atoms with Crippen molar-refractivity contribution >= 4 is 23.2 Å². The summed E-state index contributed by atoms with van der Waals surface area (Å²) in [5, 5.41) is 5.39. The van der Waals surface area contributed by atoms with Gasteiger partial charge < -0.3 is 19.9 Å². The molecule has 0 spiro atoms. The van der Waals surface area contributed by atoms with Gasteiger partial charge in [-0.3, -0.25) is 4.79 Å². The lowest BCUT2D eigenvalue weighted by atomic mass is 10.1. The van der Waals surface area contributed by atoms with Gasteiger partial charge in [0.2, 0.25) is 5.91 Å². The maximum Gasteiger partial charge on any atom is 0.244 e. The Morgan fingerprint density at radius 2 is 2.07 bits per heavy atom. The molecule has 1 aliphatic rings. The number of hydrogen-bond donors (Lipinski definition) is 1. The molecule has 3 rings (SSSR count). The number of guanidine groups is 1. The molecule has 0 radical (unpaired) electrons. The minimum Gasteiger partial charge on any atom is -0.494 e. The van der Waals surface area contributed by atoms with Crippen LogP contribution in [0.15, 0.2) is 40.7 Å². The van der Waals surface area contributed by atoms with Crippen molar-refractivity contribution in [1.29, 1.82) is 0 Å². The molecule has 1 aromatic carbocycles. The summed E-state index contributed by atoms with van der Waals surface area (Å²) >= 11 is 1.78.